The summed E-state index contributed by atoms with van der Waals surface area (Å²) in [4.78, 5) is 29.2. The predicted molar refractivity (Wildman–Crippen MR) is 125 cm³/mol. The zero-order valence-corrected chi connectivity index (χ0v) is 18.1. The maximum atomic E-state index is 12.9. The fourth-order valence-corrected chi connectivity index (χ4v) is 4.67. The normalized spacial score (nSPS) is 12.0. The molecular weight excluding hydrogens is 448 g/mol. The van der Waals surface area contributed by atoms with Crippen molar-refractivity contribution in [2.75, 3.05) is 0 Å². The van der Waals surface area contributed by atoms with E-state index in [0.717, 1.165) is 22.2 Å². The molecule has 2 aromatic heterocycles. The Morgan fingerprint density at radius 3 is 2.78 bits per heavy atom. The van der Waals surface area contributed by atoms with E-state index >= 15 is 0 Å². The van der Waals surface area contributed by atoms with E-state index in [-0.39, 0.29) is 17.7 Å². The van der Waals surface area contributed by atoms with Crippen molar-refractivity contribution in [1.82, 2.24) is 9.38 Å². The lowest BCUT2D eigenvalue weighted by atomic mass is 10.1. The van der Waals surface area contributed by atoms with Gasteiger partial charge in [-0.05, 0) is 53.6 Å². The van der Waals surface area contributed by atoms with Crippen molar-refractivity contribution in [3.63, 3.8) is 0 Å². The van der Waals surface area contributed by atoms with Crippen LogP contribution in [0.2, 0.25) is 5.02 Å². The maximum Gasteiger partial charge on any atom is 0.335 e. The highest BCUT2D eigenvalue weighted by Crippen LogP contribution is 2.27. The lowest BCUT2D eigenvalue weighted by Gasteiger charge is -2.09. The number of thiazole rings is 1. The Morgan fingerprint density at radius 2 is 1.97 bits per heavy atom. The summed E-state index contributed by atoms with van der Waals surface area (Å²) >= 11 is 7.71. The largest absolute Gasteiger partial charge is 0.487 e. The first-order valence-corrected chi connectivity index (χ1v) is 10.9. The third-order valence-electron chi connectivity index (χ3n) is 4.97. The Bertz CT molecular complexity index is 1610. The first-order valence-electron chi connectivity index (χ1n) is 9.66. The van der Waals surface area contributed by atoms with E-state index in [2.05, 4.69) is 4.98 Å². The van der Waals surface area contributed by atoms with Crippen molar-refractivity contribution in [1.29, 1.82) is 0 Å². The minimum atomic E-state index is -0.989. The second-order valence-electron chi connectivity index (χ2n) is 7.12. The SMILES string of the molecule is O=C(O)c1cccc(COc2ccc(C=c3sc4nc5ccccc5n4c3=O)cc2Cl)c1. The van der Waals surface area contributed by atoms with Gasteiger partial charge < -0.3 is 9.84 Å². The second-order valence-corrected chi connectivity index (χ2v) is 8.53. The molecule has 0 amide bonds. The number of imidazole rings is 1. The van der Waals surface area contributed by atoms with Crippen molar-refractivity contribution in [3.8, 4) is 5.75 Å². The smallest absolute Gasteiger partial charge is 0.335 e. The average molecular weight is 463 g/mol. The van der Waals surface area contributed by atoms with E-state index in [1.54, 1.807) is 40.8 Å². The molecule has 1 N–H and O–H groups in total. The molecule has 5 rings (SSSR count). The summed E-state index contributed by atoms with van der Waals surface area (Å²) in [6.07, 6.45) is 1.78. The highest BCUT2D eigenvalue weighted by molar-refractivity contribution is 7.15. The number of carbonyl (C=O) groups is 1. The van der Waals surface area contributed by atoms with Crippen LogP contribution in [-0.2, 0) is 6.61 Å². The van der Waals surface area contributed by atoms with Crippen molar-refractivity contribution >= 4 is 51.0 Å². The number of carboxylic acids is 1. The second kappa shape index (κ2) is 8.11. The van der Waals surface area contributed by atoms with E-state index in [1.807, 2.05) is 30.3 Å². The Kier molecular flexibility index (Phi) is 5.13. The minimum absolute atomic E-state index is 0.117. The molecule has 0 radical (unpaired) electrons. The van der Waals surface area contributed by atoms with E-state index in [9.17, 15) is 9.59 Å². The first kappa shape index (κ1) is 20.2. The lowest BCUT2D eigenvalue weighted by Crippen LogP contribution is -2.22. The highest BCUT2D eigenvalue weighted by Gasteiger charge is 2.11. The molecule has 0 bridgehead atoms. The quantitative estimate of drug-likeness (QED) is 0.419. The number of aromatic carboxylic acids is 1. The average Bonchev–Trinajstić information content (AvgIpc) is 3.29. The summed E-state index contributed by atoms with van der Waals surface area (Å²) in [6.45, 7) is 0.184. The van der Waals surface area contributed by atoms with E-state index in [1.165, 1.54) is 17.4 Å². The molecule has 2 heterocycles. The standard InChI is InChI=1S/C24H15ClN2O4S/c25-17-11-14(8-9-20(17)31-13-15-4-3-5-16(10-15)23(29)30)12-21-22(28)27-19-7-2-1-6-18(19)26-24(27)32-21/h1-12H,13H2,(H,29,30). The lowest BCUT2D eigenvalue weighted by molar-refractivity contribution is 0.0696. The van der Waals surface area contributed by atoms with Crippen LogP contribution in [0.5, 0.6) is 5.75 Å². The summed E-state index contributed by atoms with van der Waals surface area (Å²) < 4.78 is 7.94. The van der Waals surface area contributed by atoms with E-state index < -0.39 is 5.97 Å². The van der Waals surface area contributed by atoms with Crippen molar-refractivity contribution in [2.24, 2.45) is 0 Å². The van der Waals surface area contributed by atoms with Crippen molar-refractivity contribution in [2.45, 2.75) is 6.61 Å². The first-order chi connectivity index (χ1) is 15.5. The molecule has 0 saturated carbocycles. The van der Waals surface area contributed by atoms with Crippen LogP contribution in [0.1, 0.15) is 21.5 Å². The van der Waals surface area contributed by atoms with Gasteiger partial charge in [0.05, 0.1) is 26.2 Å². The number of halogens is 1. The van der Waals surface area contributed by atoms with Gasteiger partial charge in [-0.3, -0.25) is 4.79 Å². The Balaban J connectivity index is 1.41. The van der Waals surface area contributed by atoms with Gasteiger partial charge in [0.2, 0.25) is 0 Å². The van der Waals surface area contributed by atoms with Gasteiger partial charge in [-0.25, -0.2) is 14.2 Å². The van der Waals surface area contributed by atoms with Crippen molar-refractivity contribution < 1.29 is 14.6 Å². The third-order valence-corrected chi connectivity index (χ3v) is 6.23. The molecule has 0 saturated heterocycles. The molecule has 0 spiro atoms. The number of nitrogens with zero attached hydrogens (tertiary/aromatic N) is 2. The molecule has 3 aromatic carbocycles. The highest BCUT2D eigenvalue weighted by atomic mass is 35.5. The number of carboxylic acid groups (broad SMARTS) is 1. The molecular formula is C24H15ClN2O4S. The van der Waals surface area contributed by atoms with Gasteiger partial charge in [-0.15, -0.1) is 0 Å². The summed E-state index contributed by atoms with van der Waals surface area (Å²) in [5.41, 5.74) is 3.15. The van der Waals surface area contributed by atoms with Crippen LogP contribution < -0.4 is 14.8 Å². The van der Waals surface area contributed by atoms with Gasteiger partial charge >= 0.3 is 5.97 Å². The number of rotatable bonds is 5. The monoisotopic (exact) mass is 462 g/mol. The summed E-state index contributed by atoms with van der Waals surface area (Å²) in [6, 6.07) is 19.4. The summed E-state index contributed by atoms with van der Waals surface area (Å²) in [5.74, 6) is -0.518. The van der Waals surface area contributed by atoms with Gasteiger partial charge in [-0.1, -0.05) is 53.3 Å². The maximum absolute atomic E-state index is 12.9. The Labute approximate surface area is 190 Å². The molecule has 32 heavy (non-hydrogen) atoms. The fourth-order valence-electron chi connectivity index (χ4n) is 3.44. The molecule has 0 aliphatic heterocycles. The predicted octanol–water partition coefficient (Wildman–Crippen LogP) is 4.39. The van der Waals surface area contributed by atoms with Gasteiger partial charge in [0.25, 0.3) is 5.56 Å². The van der Waals surface area contributed by atoms with Gasteiger partial charge in [0.15, 0.2) is 4.96 Å². The zero-order chi connectivity index (χ0) is 22.2. The Morgan fingerprint density at radius 1 is 1.12 bits per heavy atom. The van der Waals surface area contributed by atoms with Crippen LogP contribution in [0.4, 0.5) is 0 Å². The number of benzene rings is 3. The molecule has 0 unspecified atom stereocenters. The molecule has 0 fully saturated rings. The molecule has 6 nitrogen and oxygen atoms in total. The van der Waals surface area contributed by atoms with Crippen LogP contribution in [0.15, 0.2) is 71.5 Å². The van der Waals surface area contributed by atoms with Gasteiger partial charge in [0, 0.05) is 0 Å². The van der Waals surface area contributed by atoms with Crippen LogP contribution >= 0.6 is 22.9 Å². The van der Waals surface area contributed by atoms with Crippen LogP contribution in [0, 0.1) is 0 Å². The van der Waals surface area contributed by atoms with Crippen LogP contribution in [0.3, 0.4) is 0 Å². The van der Waals surface area contributed by atoms with Crippen LogP contribution in [0.25, 0.3) is 22.1 Å². The summed E-state index contributed by atoms with van der Waals surface area (Å²) in [7, 11) is 0. The molecule has 8 heteroatoms. The topological polar surface area (TPSA) is 80.9 Å². The number of para-hydroxylation sites is 2. The third kappa shape index (κ3) is 3.72. The number of hydrogen-bond acceptors (Lipinski definition) is 5. The molecule has 5 aromatic rings. The van der Waals surface area contributed by atoms with E-state index in [0.29, 0.717) is 20.3 Å². The molecule has 0 aliphatic carbocycles. The number of aromatic nitrogens is 2. The van der Waals surface area contributed by atoms with Gasteiger partial charge in [-0.2, -0.15) is 0 Å². The summed E-state index contributed by atoms with van der Waals surface area (Å²) in [5, 5.41) is 9.50. The number of ether oxygens (including phenoxy) is 1. The van der Waals surface area contributed by atoms with Crippen molar-refractivity contribution in [3.05, 3.63) is 103 Å². The van der Waals surface area contributed by atoms with E-state index in [4.69, 9.17) is 21.4 Å². The fraction of sp³-hybridized carbons (Fsp3) is 0.0417. The molecule has 158 valence electrons. The zero-order valence-electron chi connectivity index (χ0n) is 16.5. The molecule has 0 aliphatic rings. The molecule has 0 atom stereocenters. The number of hydrogen-bond donors (Lipinski definition) is 1. The Hall–Kier alpha value is -3.68. The van der Waals surface area contributed by atoms with Crippen LogP contribution in [-0.4, -0.2) is 20.5 Å². The minimum Gasteiger partial charge on any atom is -0.487 e. The van der Waals surface area contributed by atoms with Gasteiger partial charge in [0.1, 0.15) is 12.4 Å². The number of fused-ring (bicyclic) bond motifs is 3.